The monoisotopic (exact) mass is 386 g/mol. The van der Waals surface area contributed by atoms with E-state index in [1.807, 2.05) is 20.8 Å². The summed E-state index contributed by atoms with van der Waals surface area (Å²) in [6.45, 7) is 7.20. The normalized spacial score (nSPS) is 10.7. The molecule has 2 aromatic carbocycles. The average molecular weight is 386 g/mol. The molecule has 0 aliphatic rings. The number of rotatable bonds is 10. The van der Waals surface area contributed by atoms with Gasteiger partial charge in [-0.05, 0) is 62.2 Å². The van der Waals surface area contributed by atoms with Crippen LogP contribution in [0.1, 0.15) is 43.1 Å². The van der Waals surface area contributed by atoms with Gasteiger partial charge < -0.3 is 19.3 Å². The molecule has 28 heavy (non-hydrogen) atoms. The minimum absolute atomic E-state index is 0.0527. The lowest BCUT2D eigenvalue weighted by molar-refractivity contribution is 0.0954. The van der Waals surface area contributed by atoms with Crippen LogP contribution in [0.25, 0.3) is 0 Å². The van der Waals surface area contributed by atoms with Gasteiger partial charge in [-0.25, -0.2) is 5.43 Å². The third-order valence-corrected chi connectivity index (χ3v) is 3.63. The Bertz CT molecular complexity index is 820. The van der Waals surface area contributed by atoms with E-state index in [1.54, 1.807) is 30.3 Å². The van der Waals surface area contributed by atoms with E-state index in [9.17, 15) is 9.90 Å². The lowest BCUT2D eigenvalue weighted by Gasteiger charge is -2.12. The highest BCUT2D eigenvalue weighted by Crippen LogP contribution is 2.29. The molecule has 0 radical (unpaired) electrons. The summed E-state index contributed by atoms with van der Waals surface area (Å²) in [5.74, 6) is 1.17. The molecule has 0 saturated carbocycles. The third-order valence-electron chi connectivity index (χ3n) is 3.63. The number of phenolic OH excluding ortho intramolecular Hbond substituents is 1. The van der Waals surface area contributed by atoms with Crippen molar-refractivity contribution < 1.29 is 24.1 Å². The number of hydrogen-bond donors (Lipinski definition) is 2. The number of phenols is 1. The number of carbonyl (C=O) groups excluding carboxylic acids is 1. The van der Waals surface area contributed by atoms with Gasteiger partial charge in [0.15, 0.2) is 23.0 Å². The highest BCUT2D eigenvalue weighted by molar-refractivity contribution is 5.95. The SMILES string of the molecule is CCCOc1ccc(C(=O)N/N=C/c2ccc(O)c(OCC)c2)cc1OCC. The fourth-order valence-corrected chi connectivity index (χ4v) is 2.36. The Morgan fingerprint density at radius 3 is 2.46 bits per heavy atom. The second-order valence-electron chi connectivity index (χ2n) is 5.80. The van der Waals surface area contributed by atoms with Crippen LogP contribution in [0.3, 0.4) is 0 Å². The predicted molar refractivity (Wildman–Crippen MR) is 108 cm³/mol. The molecule has 150 valence electrons. The maximum absolute atomic E-state index is 12.4. The zero-order valence-electron chi connectivity index (χ0n) is 16.4. The van der Waals surface area contributed by atoms with Crippen LogP contribution in [0.2, 0.25) is 0 Å². The van der Waals surface area contributed by atoms with Gasteiger partial charge in [0.2, 0.25) is 0 Å². The summed E-state index contributed by atoms with van der Waals surface area (Å²) in [4.78, 5) is 12.4. The summed E-state index contributed by atoms with van der Waals surface area (Å²) in [6, 6.07) is 9.83. The van der Waals surface area contributed by atoms with Crippen molar-refractivity contribution in [2.75, 3.05) is 19.8 Å². The first-order valence-electron chi connectivity index (χ1n) is 9.27. The number of benzene rings is 2. The van der Waals surface area contributed by atoms with Gasteiger partial charge in [0, 0.05) is 5.56 Å². The number of amides is 1. The molecule has 2 aromatic rings. The van der Waals surface area contributed by atoms with Gasteiger partial charge in [0.25, 0.3) is 5.91 Å². The zero-order chi connectivity index (χ0) is 20.4. The van der Waals surface area contributed by atoms with Crippen LogP contribution < -0.4 is 19.6 Å². The van der Waals surface area contributed by atoms with Crippen molar-refractivity contribution in [3.05, 3.63) is 47.5 Å². The van der Waals surface area contributed by atoms with Gasteiger partial charge >= 0.3 is 0 Å². The van der Waals surface area contributed by atoms with Crippen LogP contribution in [0.4, 0.5) is 0 Å². The van der Waals surface area contributed by atoms with E-state index in [-0.39, 0.29) is 11.7 Å². The molecule has 7 nitrogen and oxygen atoms in total. The summed E-state index contributed by atoms with van der Waals surface area (Å²) in [5.41, 5.74) is 3.56. The summed E-state index contributed by atoms with van der Waals surface area (Å²) < 4.78 is 16.5. The highest BCUT2D eigenvalue weighted by Gasteiger charge is 2.11. The molecular formula is C21H26N2O5. The van der Waals surface area contributed by atoms with Gasteiger partial charge in [-0.15, -0.1) is 0 Å². The van der Waals surface area contributed by atoms with E-state index in [2.05, 4.69) is 10.5 Å². The van der Waals surface area contributed by atoms with Gasteiger partial charge in [-0.1, -0.05) is 6.92 Å². The first-order chi connectivity index (χ1) is 13.6. The smallest absolute Gasteiger partial charge is 0.271 e. The molecule has 2 N–H and O–H groups in total. The third kappa shape index (κ3) is 5.90. The molecule has 0 atom stereocenters. The van der Waals surface area contributed by atoms with Crippen molar-refractivity contribution in [2.45, 2.75) is 27.2 Å². The van der Waals surface area contributed by atoms with Crippen molar-refractivity contribution >= 4 is 12.1 Å². The maximum atomic E-state index is 12.4. The van der Waals surface area contributed by atoms with E-state index in [1.165, 1.54) is 12.3 Å². The van der Waals surface area contributed by atoms with E-state index in [0.717, 1.165) is 6.42 Å². The summed E-state index contributed by atoms with van der Waals surface area (Å²) in [5, 5.41) is 13.7. The van der Waals surface area contributed by atoms with Crippen LogP contribution in [-0.4, -0.2) is 37.0 Å². The Labute approximate surface area is 164 Å². The molecule has 0 aromatic heterocycles. The van der Waals surface area contributed by atoms with E-state index < -0.39 is 0 Å². The van der Waals surface area contributed by atoms with Crippen LogP contribution in [0, 0.1) is 0 Å². The first-order valence-corrected chi connectivity index (χ1v) is 9.27. The van der Waals surface area contributed by atoms with Crippen LogP contribution in [0.5, 0.6) is 23.0 Å². The van der Waals surface area contributed by atoms with E-state index in [4.69, 9.17) is 14.2 Å². The topological polar surface area (TPSA) is 89.4 Å². The Kier molecular flexibility index (Phi) is 8.14. The molecule has 0 aliphatic carbocycles. The molecule has 0 fully saturated rings. The standard InChI is InChI=1S/C21H26N2O5/c1-4-11-28-18-10-8-16(13-20(18)27-6-3)21(25)23-22-14-15-7-9-17(24)19(12-15)26-5-2/h7-10,12-14,24H,4-6,11H2,1-3H3,(H,23,25)/b22-14+. The fraction of sp³-hybridized carbons (Fsp3) is 0.333. The fourth-order valence-electron chi connectivity index (χ4n) is 2.36. The molecular weight excluding hydrogens is 360 g/mol. The number of hydrazone groups is 1. The largest absolute Gasteiger partial charge is 0.504 e. The molecule has 0 saturated heterocycles. The summed E-state index contributed by atoms with van der Waals surface area (Å²) >= 11 is 0. The van der Waals surface area contributed by atoms with Gasteiger partial charge in [-0.3, -0.25) is 4.79 Å². The predicted octanol–water partition coefficient (Wildman–Crippen LogP) is 3.74. The molecule has 0 spiro atoms. The van der Waals surface area contributed by atoms with Crippen molar-refractivity contribution in [2.24, 2.45) is 5.10 Å². The van der Waals surface area contributed by atoms with Gasteiger partial charge in [0.05, 0.1) is 26.0 Å². The first kappa shape index (κ1) is 21.1. The molecule has 0 unspecified atom stereocenters. The Balaban J connectivity index is 2.07. The molecule has 0 bridgehead atoms. The van der Waals surface area contributed by atoms with Crippen molar-refractivity contribution in [1.82, 2.24) is 5.43 Å². The zero-order valence-corrected chi connectivity index (χ0v) is 16.4. The van der Waals surface area contributed by atoms with Gasteiger partial charge in [-0.2, -0.15) is 5.10 Å². The summed E-state index contributed by atoms with van der Waals surface area (Å²) in [7, 11) is 0. The molecule has 7 heteroatoms. The molecule has 0 aliphatic heterocycles. The van der Waals surface area contributed by atoms with Crippen molar-refractivity contribution in [3.63, 3.8) is 0 Å². The Hall–Kier alpha value is -3.22. The molecule has 1 amide bonds. The second-order valence-corrected chi connectivity index (χ2v) is 5.80. The van der Waals surface area contributed by atoms with E-state index in [0.29, 0.717) is 48.2 Å². The molecule has 2 rings (SSSR count). The number of aromatic hydroxyl groups is 1. The number of nitrogens with zero attached hydrogens (tertiary/aromatic N) is 1. The van der Waals surface area contributed by atoms with E-state index >= 15 is 0 Å². The number of carbonyl (C=O) groups is 1. The average Bonchev–Trinajstić information content (AvgIpc) is 2.69. The lowest BCUT2D eigenvalue weighted by Crippen LogP contribution is -2.17. The Morgan fingerprint density at radius 1 is 1.00 bits per heavy atom. The molecule has 0 heterocycles. The van der Waals surface area contributed by atoms with Crippen LogP contribution >= 0.6 is 0 Å². The quantitative estimate of drug-likeness (QED) is 0.480. The number of ether oxygens (including phenoxy) is 3. The summed E-state index contributed by atoms with van der Waals surface area (Å²) in [6.07, 6.45) is 2.35. The van der Waals surface area contributed by atoms with Crippen LogP contribution in [0.15, 0.2) is 41.5 Å². The lowest BCUT2D eigenvalue weighted by atomic mass is 10.2. The number of hydrogen-bond acceptors (Lipinski definition) is 6. The second kappa shape index (κ2) is 10.8. The minimum atomic E-state index is -0.372. The minimum Gasteiger partial charge on any atom is -0.504 e. The highest BCUT2D eigenvalue weighted by atomic mass is 16.5. The van der Waals surface area contributed by atoms with Crippen molar-refractivity contribution in [3.8, 4) is 23.0 Å². The van der Waals surface area contributed by atoms with Crippen LogP contribution in [-0.2, 0) is 0 Å². The Morgan fingerprint density at radius 2 is 1.75 bits per heavy atom. The maximum Gasteiger partial charge on any atom is 0.271 e. The van der Waals surface area contributed by atoms with Gasteiger partial charge in [0.1, 0.15) is 0 Å². The number of nitrogens with one attached hydrogen (secondary N) is 1. The van der Waals surface area contributed by atoms with Crippen molar-refractivity contribution in [1.29, 1.82) is 0 Å².